The predicted octanol–water partition coefficient (Wildman–Crippen LogP) is -0.267. The second-order valence-electron chi connectivity index (χ2n) is 4.68. The Morgan fingerprint density at radius 1 is 1.27 bits per heavy atom. The molecule has 0 saturated heterocycles. The molecule has 0 aliphatic heterocycles. The number of hydrogen-bond donors (Lipinski definition) is 2. The minimum absolute atomic E-state index is 0.130. The number of aliphatic hydroxyl groups is 1. The number of carboxylic acids is 1. The molecule has 0 aromatic carbocycles. The van der Waals surface area contributed by atoms with Crippen LogP contribution in [0.3, 0.4) is 0 Å². The number of nitrogens with zero attached hydrogens (tertiary/aromatic N) is 1. The first-order valence-electron chi connectivity index (χ1n) is 4.93. The lowest BCUT2D eigenvalue weighted by molar-refractivity contribution is -0.873. The van der Waals surface area contributed by atoms with Crippen molar-refractivity contribution in [1.82, 2.24) is 0 Å². The molecule has 5 heteroatoms. The minimum atomic E-state index is -1.30. The Hall–Kier alpha value is -0.940. The van der Waals surface area contributed by atoms with Gasteiger partial charge in [0.15, 0.2) is 0 Å². The molecule has 5 nitrogen and oxygen atoms in total. The summed E-state index contributed by atoms with van der Waals surface area (Å²) in [7, 11) is 5.50. The van der Waals surface area contributed by atoms with Crippen LogP contribution in [0.4, 0.5) is 0 Å². The molecular weight excluding hydrogens is 198 g/mol. The molecule has 15 heavy (non-hydrogen) atoms. The van der Waals surface area contributed by atoms with Crippen molar-refractivity contribution < 1.29 is 24.3 Å². The Morgan fingerprint density at radius 2 is 1.73 bits per heavy atom. The number of ketones is 1. The number of rotatable bonds is 6. The van der Waals surface area contributed by atoms with Crippen molar-refractivity contribution in [1.29, 1.82) is 0 Å². The third-order valence-corrected chi connectivity index (χ3v) is 2.08. The normalized spacial score (nSPS) is 15.8. The molecule has 88 valence electrons. The summed E-state index contributed by atoms with van der Waals surface area (Å²) in [5, 5.41) is 18.6. The Balaban J connectivity index is 4.64. The number of carbonyl (C=O) groups is 2. The van der Waals surface area contributed by atoms with E-state index in [1.807, 2.05) is 21.1 Å². The van der Waals surface area contributed by atoms with E-state index in [9.17, 15) is 14.7 Å². The van der Waals surface area contributed by atoms with Crippen molar-refractivity contribution >= 4 is 11.8 Å². The van der Waals surface area contributed by atoms with Gasteiger partial charge in [0.05, 0.1) is 21.1 Å². The van der Waals surface area contributed by atoms with Crippen LogP contribution in [0.25, 0.3) is 0 Å². The molecule has 0 rings (SSSR count). The Kier molecular flexibility index (Phi) is 4.90. The number of carboxylic acid groups (broad SMARTS) is 1. The monoisotopic (exact) mass is 218 g/mol. The highest BCUT2D eigenvalue weighted by molar-refractivity contribution is 5.98. The van der Waals surface area contributed by atoms with Crippen LogP contribution in [0.5, 0.6) is 0 Å². The average Bonchev–Trinajstić information content (AvgIpc) is 1.99. The zero-order valence-electron chi connectivity index (χ0n) is 9.73. The van der Waals surface area contributed by atoms with E-state index in [2.05, 4.69) is 0 Å². The lowest BCUT2D eigenvalue weighted by Gasteiger charge is -2.28. The number of aliphatic carboxylic acids is 1. The van der Waals surface area contributed by atoms with Crippen LogP contribution in [0.1, 0.15) is 13.3 Å². The Morgan fingerprint density at radius 3 is 2.00 bits per heavy atom. The summed E-state index contributed by atoms with van der Waals surface area (Å²) in [4.78, 5) is 22.2. The first-order valence-corrected chi connectivity index (χ1v) is 4.93. The number of Topliss-reactive ketones (excluding diaryl/α,β-unsaturated/α-hetero) is 1. The molecule has 0 heterocycles. The third kappa shape index (κ3) is 4.90. The first kappa shape index (κ1) is 14.1. The van der Waals surface area contributed by atoms with Crippen LogP contribution in [-0.4, -0.2) is 60.2 Å². The predicted molar refractivity (Wildman–Crippen MR) is 55.3 cm³/mol. The summed E-state index contributed by atoms with van der Waals surface area (Å²) in [5.41, 5.74) is 0. The van der Waals surface area contributed by atoms with Gasteiger partial charge in [-0.1, -0.05) is 6.92 Å². The van der Waals surface area contributed by atoms with Gasteiger partial charge in [-0.25, -0.2) is 0 Å². The molecule has 0 aromatic rings. The molecule has 0 bridgehead atoms. The van der Waals surface area contributed by atoms with Crippen LogP contribution in [0.15, 0.2) is 0 Å². The summed E-state index contributed by atoms with van der Waals surface area (Å²) in [6.07, 6.45) is -1.000. The van der Waals surface area contributed by atoms with Gasteiger partial charge in [-0.2, -0.15) is 0 Å². The Labute approximate surface area is 89.9 Å². The summed E-state index contributed by atoms with van der Waals surface area (Å²) in [6.45, 7) is 1.83. The number of likely N-dealkylation sites (N-methyl/N-ethyl adjacent to an activating group) is 1. The molecule has 0 fully saturated rings. The van der Waals surface area contributed by atoms with Gasteiger partial charge in [-0.15, -0.1) is 0 Å². The van der Waals surface area contributed by atoms with Crippen LogP contribution < -0.4 is 0 Å². The fourth-order valence-electron chi connectivity index (χ4n) is 1.40. The van der Waals surface area contributed by atoms with Gasteiger partial charge in [0, 0.05) is 6.42 Å². The molecule has 0 radical (unpaired) electrons. The smallest absolute Gasteiger partial charge is 0.316 e. The number of carbonyl (C=O) groups excluding carboxylic acids is 1. The highest BCUT2D eigenvalue weighted by atomic mass is 16.4. The van der Waals surface area contributed by atoms with Crippen LogP contribution in [-0.2, 0) is 9.59 Å². The van der Waals surface area contributed by atoms with Gasteiger partial charge in [-0.3, -0.25) is 9.59 Å². The molecule has 0 unspecified atom stereocenters. The van der Waals surface area contributed by atoms with Crippen molar-refractivity contribution in [3.63, 3.8) is 0 Å². The molecule has 2 atom stereocenters. The summed E-state index contributed by atoms with van der Waals surface area (Å²) in [5.74, 6) is -2.97. The lowest BCUT2D eigenvalue weighted by atomic mass is 9.95. The second-order valence-corrected chi connectivity index (χ2v) is 4.68. The highest BCUT2D eigenvalue weighted by Gasteiger charge is 2.35. The first-order chi connectivity index (χ1) is 6.69. The van der Waals surface area contributed by atoms with Crippen molar-refractivity contribution in [3.05, 3.63) is 0 Å². The van der Waals surface area contributed by atoms with Gasteiger partial charge in [0.25, 0.3) is 0 Å². The number of hydrogen-bond acceptors (Lipinski definition) is 3. The summed E-state index contributed by atoms with van der Waals surface area (Å²) < 4.78 is 0.419. The van der Waals surface area contributed by atoms with Crippen LogP contribution in [0.2, 0.25) is 0 Å². The van der Waals surface area contributed by atoms with Crippen LogP contribution >= 0.6 is 0 Å². The van der Waals surface area contributed by atoms with Gasteiger partial charge in [0.2, 0.25) is 0 Å². The maximum Gasteiger partial charge on any atom is 0.316 e. The SMILES string of the molecule is CCC(=O)[C@@H](C(=O)O)[C@H](O)C[N+](C)(C)C. The van der Waals surface area contributed by atoms with Crippen molar-refractivity contribution in [2.24, 2.45) is 5.92 Å². The summed E-state index contributed by atoms with van der Waals surface area (Å²) in [6, 6.07) is 0. The maximum atomic E-state index is 11.3. The number of aliphatic hydroxyl groups excluding tert-OH is 1. The fraction of sp³-hybridized carbons (Fsp3) is 0.800. The Bertz CT molecular complexity index is 244. The van der Waals surface area contributed by atoms with Crippen LogP contribution in [0, 0.1) is 5.92 Å². The zero-order chi connectivity index (χ0) is 12.2. The third-order valence-electron chi connectivity index (χ3n) is 2.08. The topological polar surface area (TPSA) is 74.6 Å². The van der Waals surface area contributed by atoms with E-state index in [4.69, 9.17) is 5.11 Å². The fourth-order valence-corrected chi connectivity index (χ4v) is 1.40. The van der Waals surface area contributed by atoms with E-state index in [0.29, 0.717) is 4.48 Å². The lowest BCUT2D eigenvalue weighted by Crippen LogP contribution is -2.47. The quantitative estimate of drug-likeness (QED) is 0.475. The molecule has 0 saturated carbocycles. The molecule has 0 amide bonds. The molecule has 0 aliphatic rings. The molecule has 0 aliphatic carbocycles. The summed E-state index contributed by atoms with van der Waals surface area (Å²) >= 11 is 0. The van der Waals surface area contributed by atoms with Crippen molar-refractivity contribution in [3.8, 4) is 0 Å². The average molecular weight is 218 g/mol. The number of quaternary nitrogens is 1. The van der Waals surface area contributed by atoms with Gasteiger partial charge >= 0.3 is 5.97 Å². The van der Waals surface area contributed by atoms with E-state index in [1.54, 1.807) is 6.92 Å². The molecule has 2 N–H and O–H groups in total. The standard InChI is InChI=1S/C10H19NO4/c1-5-7(12)9(10(14)15)8(13)6-11(2,3)4/h8-9,13H,5-6H2,1-4H3/p+1/t8-,9-/m1/s1. The van der Waals surface area contributed by atoms with E-state index >= 15 is 0 Å². The molecule has 0 aromatic heterocycles. The largest absolute Gasteiger partial charge is 0.481 e. The van der Waals surface area contributed by atoms with E-state index in [-0.39, 0.29) is 13.0 Å². The second kappa shape index (κ2) is 5.23. The minimum Gasteiger partial charge on any atom is -0.481 e. The molecular formula is C10H20NO4+. The van der Waals surface area contributed by atoms with Crippen molar-refractivity contribution in [2.45, 2.75) is 19.4 Å². The zero-order valence-corrected chi connectivity index (χ0v) is 9.73. The van der Waals surface area contributed by atoms with E-state index in [1.165, 1.54) is 0 Å². The molecule has 0 spiro atoms. The van der Waals surface area contributed by atoms with E-state index < -0.39 is 23.8 Å². The van der Waals surface area contributed by atoms with E-state index in [0.717, 1.165) is 0 Å². The maximum absolute atomic E-state index is 11.3. The van der Waals surface area contributed by atoms with Gasteiger partial charge in [0.1, 0.15) is 24.3 Å². The highest BCUT2D eigenvalue weighted by Crippen LogP contribution is 2.11. The van der Waals surface area contributed by atoms with Crippen molar-refractivity contribution in [2.75, 3.05) is 27.7 Å². The van der Waals surface area contributed by atoms with Gasteiger partial charge < -0.3 is 14.7 Å². The van der Waals surface area contributed by atoms with Gasteiger partial charge in [-0.05, 0) is 0 Å².